The SMILES string of the molecule is O=C(CO[C@H]1C[C@@H](OC(F)(F)F)C1)NCCCCNC(=O)[C@H]1C[C@@H](O)c2cc(F)c(F)cc2O1. The van der Waals surface area contributed by atoms with Crippen LogP contribution in [0.5, 0.6) is 5.75 Å². The fourth-order valence-electron chi connectivity index (χ4n) is 3.58. The number of rotatable bonds is 10. The Kier molecular flexibility index (Phi) is 8.66. The standard InChI is InChI=1S/C21H25F5N2O6/c22-14-7-13-16(29)9-18(33-17(13)8-15(14)23)20(31)28-4-2-1-3-27-19(30)10-32-11-5-12(6-11)34-21(24,25)26/h7-8,11-12,16,18,29H,1-6,9-10H2,(H,27,30)(H,28,31)/t11-,12+,16-,18-/m1/s1. The Morgan fingerprint density at radius 2 is 1.68 bits per heavy atom. The molecule has 0 unspecified atom stereocenters. The Labute approximate surface area is 191 Å². The smallest absolute Gasteiger partial charge is 0.480 e. The van der Waals surface area contributed by atoms with Crippen LogP contribution >= 0.6 is 0 Å². The molecule has 1 aliphatic heterocycles. The van der Waals surface area contributed by atoms with Crippen molar-refractivity contribution in [2.75, 3.05) is 19.7 Å². The first-order chi connectivity index (χ1) is 16.0. The maximum Gasteiger partial charge on any atom is 0.522 e. The highest BCUT2D eigenvalue weighted by Crippen LogP contribution is 2.36. The third-order valence-corrected chi connectivity index (χ3v) is 5.44. The van der Waals surface area contributed by atoms with E-state index in [9.17, 15) is 36.6 Å². The predicted molar refractivity (Wildman–Crippen MR) is 106 cm³/mol. The van der Waals surface area contributed by atoms with Crippen molar-refractivity contribution in [1.29, 1.82) is 0 Å². The molecule has 34 heavy (non-hydrogen) atoms. The van der Waals surface area contributed by atoms with E-state index in [2.05, 4.69) is 15.4 Å². The van der Waals surface area contributed by atoms with E-state index in [1.54, 1.807) is 0 Å². The molecule has 0 spiro atoms. The number of aliphatic hydroxyl groups is 1. The van der Waals surface area contributed by atoms with Gasteiger partial charge in [0.1, 0.15) is 12.4 Å². The molecule has 2 atom stereocenters. The second-order valence-corrected chi connectivity index (χ2v) is 8.10. The minimum Gasteiger partial charge on any atom is -0.480 e. The number of alkyl halides is 3. The van der Waals surface area contributed by atoms with Crippen LogP contribution in [0.4, 0.5) is 22.0 Å². The van der Waals surface area contributed by atoms with E-state index in [1.165, 1.54) is 0 Å². The number of aliphatic hydroxyl groups excluding tert-OH is 1. The van der Waals surface area contributed by atoms with Crippen LogP contribution in [-0.4, -0.2) is 61.3 Å². The Morgan fingerprint density at radius 1 is 1.03 bits per heavy atom. The lowest BCUT2D eigenvalue weighted by atomic mass is 9.92. The minimum atomic E-state index is -4.68. The highest BCUT2D eigenvalue weighted by atomic mass is 19.4. The number of nitrogens with one attached hydrogen (secondary N) is 2. The first-order valence-corrected chi connectivity index (χ1v) is 10.8. The van der Waals surface area contributed by atoms with Gasteiger partial charge in [0.15, 0.2) is 17.7 Å². The lowest BCUT2D eigenvalue weighted by molar-refractivity contribution is -0.357. The Morgan fingerprint density at radius 3 is 2.35 bits per heavy atom. The van der Waals surface area contributed by atoms with E-state index in [0.29, 0.717) is 19.4 Å². The molecule has 1 saturated carbocycles. The van der Waals surface area contributed by atoms with E-state index in [0.717, 1.165) is 12.1 Å². The average Bonchev–Trinajstić information content (AvgIpc) is 2.72. The molecule has 1 heterocycles. The molecule has 3 rings (SSSR count). The summed E-state index contributed by atoms with van der Waals surface area (Å²) in [6.07, 6.45) is -7.22. The van der Waals surface area contributed by atoms with Gasteiger partial charge < -0.3 is 25.2 Å². The molecule has 1 aromatic carbocycles. The first kappa shape index (κ1) is 26.1. The number of hydrogen-bond acceptors (Lipinski definition) is 6. The van der Waals surface area contributed by atoms with Gasteiger partial charge in [0, 0.05) is 44.0 Å². The third kappa shape index (κ3) is 7.50. The van der Waals surface area contributed by atoms with Crippen molar-refractivity contribution in [3.8, 4) is 5.75 Å². The fraction of sp³-hybridized carbons (Fsp3) is 0.619. The number of benzene rings is 1. The second kappa shape index (κ2) is 11.3. The summed E-state index contributed by atoms with van der Waals surface area (Å²) in [6, 6.07) is 1.63. The van der Waals surface area contributed by atoms with Crippen molar-refractivity contribution in [3.05, 3.63) is 29.3 Å². The Hall–Kier alpha value is -2.51. The van der Waals surface area contributed by atoms with E-state index < -0.39 is 54.2 Å². The van der Waals surface area contributed by atoms with Gasteiger partial charge in [0.25, 0.3) is 5.91 Å². The second-order valence-electron chi connectivity index (χ2n) is 8.10. The number of halogens is 5. The van der Waals surface area contributed by atoms with Crippen LogP contribution in [0.2, 0.25) is 0 Å². The molecule has 0 bridgehead atoms. The highest BCUT2D eigenvalue weighted by molar-refractivity contribution is 5.81. The topological polar surface area (TPSA) is 106 Å². The molecule has 0 saturated heterocycles. The average molecular weight is 496 g/mol. The highest BCUT2D eigenvalue weighted by Gasteiger charge is 2.40. The van der Waals surface area contributed by atoms with Crippen molar-refractivity contribution in [1.82, 2.24) is 10.6 Å². The number of hydrogen-bond donors (Lipinski definition) is 3. The molecule has 13 heteroatoms. The molecule has 1 aliphatic carbocycles. The number of carbonyl (C=O) groups is 2. The summed E-state index contributed by atoms with van der Waals surface area (Å²) >= 11 is 0. The minimum absolute atomic E-state index is 0.0750. The lowest BCUT2D eigenvalue weighted by Gasteiger charge is -2.34. The Bertz CT molecular complexity index is 878. The normalized spacial score (nSPS) is 23.9. The van der Waals surface area contributed by atoms with Crippen molar-refractivity contribution in [2.24, 2.45) is 0 Å². The van der Waals surface area contributed by atoms with Crippen LogP contribution < -0.4 is 15.4 Å². The molecule has 0 radical (unpaired) electrons. The molecule has 3 N–H and O–H groups in total. The van der Waals surface area contributed by atoms with Gasteiger partial charge in [0.2, 0.25) is 5.91 Å². The van der Waals surface area contributed by atoms with Crippen LogP contribution in [0.25, 0.3) is 0 Å². The van der Waals surface area contributed by atoms with E-state index in [-0.39, 0.29) is 43.7 Å². The lowest BCUT2D eigenvalue weighted by Crippen LogP contribution is -2.42. The van der Waals surface area contributed by atoms with E-state index in [4.69, 9.17) is 9.47 Å². The first-order valence-electron chi connectivity index (χ1n) is 10.8. The van der Waals surface area contributed by atoms with Crippen LogP contribution in [0.3, 0.4) is 0 Å². The number of unbranched alkanes of at least 4 members (excludes halogenated alkanes) is 1. The number of fused-ring (bicyclic) bond motifs is 1. The zero-order chi connectivity index (χ0) is 24.9. The van der Waals surface area contributed by atoms with Crippen molar-refractivity contribution < 1.29 is 50.9 Å². The number of amides is 2. The summed E-state index contributed by atoms with van der Waals surface area (Å²) in [7, 11) is 0. The summed E-state index contributed by atoms with van der Waals surface area (Å²) < 4.78 is 77.3. The zero-order valence-corrected chi connectivity index (χ0v) is 18.0. The molecule has 0 aromatic heterocycles. The van der Waals surface area contributed by atoms with Gasteiger partial charge in [-0.05, 0) is 18.9 Å². The predicted octanol–water partition coefficient (Wildman–Crippen LogP) is 2.25. The van der Waals surface area contributed by atoms with Gasteiger partial charge in [0.05, 0.1) is 18.3 Å². The zero-order valence-electron chi connectivity index (χ0n) is 18.0. The van der Waals surface area contributed by atoms with Gasteiger partial charge in [-0.25, -0.2) is 8.78 Å². The summed E-state index contributed by atoms with van der Waals surface area (Å²) in [5.41, 5.74) is 0.0782. The summed E-state index contributed by atoms with van der Waals surface area (Å²) in [5.74, 6) is -3.27. The maximum atomic E-state index is 13.4. The number of ether oxygens (including phenoxy) is 3. The summed E-state index contributed by atoms with van der Waals surface area (Å²) in [5, 5.41) is 15.3. The van der Waals surface area contributed by atoms with Gasteiger partial charge in [-0.3, -0.25) is 14.3 Å². The molecule has 1 fully saturated rings. The van der Waals surface area contributed by atoms with Gasteiger partial charge >= 0.3 is 6.36 Å². The molecular weight excluding hydrogens is 471 g/mol. The molecule has 2 aliphatic rings. The number of carbonyl (C=O) groups excluding carboxylic acids is 2. The van der Waals surface area contributed by atoms with Crippen molar-refractivity contribution >= 4 is 11.8 Å². The maximum absolute atomic E-state index is 13.4. The van der Waals surface area contributed by atoms with Gasteiger partial charge in [-0.1, -0.05) is 0 Å². The van der Waals surface area contributed by atoms with Crippen LogP contribution in [0.1, 0.15) is 43.8 Å². The monoisotopic (exact) mass is 496 g/mol. The third-order valence-electron chi connectivity index (χ3n) is 5.44. The quantitative estimate of drug-likeness (QED) is 0.339. The molecule has 2 amide bonds. The van der Waals surface area contributed by atoms with E-state index >= 15 is 0 Å². The largest absolute Gasteiger partial charge is 0.522 e. The summed E-state index contributed by atoms with van der Waals surface area (Å²) in [4.78, 5) is 24.0. The van der Waals surface area contributed by atoms with Crippen molar-refractivity contribution in [2.45, 2.75) is 62.9 Å². The van der Waals surface area contributed by atoms with Crippen LogP contribution in [0, 0.1) is 11.6 Å². The molecular formula is C21H25F5N2O6. The van der Waals surface area contributed by atoms with Crippen LogP contribution in [0.15, 0.2) is 12.1 Å². The molecule has 8 nitrogen and oxygen atoms in total. The molecule has 190 valence electrons. The molecule has 1 aromatic rings. The van der Waals surface area contributed by atoms with Gasteiger partial charge in [-0.2, -0.15) is 0 Å². The van der Waals surface area contributed by atoms with Gasteiger partial charge in [-0.15, -0.1) is 13.2 Å². The fourth-order valence-corrected chi connectivity index (χ4v) is 3.58. The summed E-state index contributed by atoms with van der Waals surface area (Å²) in [6.45, 7) is 0.293. The van der Waals surface area contributed by atoms with Crippen LogP contribution in [-0.2, 0) is 19.1 Å². The Balaban J connectivity index is 1.24. The van der Waals surface area contributed by atoms with Crippen molar-refractivity contribution in [3.63, 3.8) is 0 Å². The van der Waals surface area contributed by atoms with E-state index in [1.807, 2.05) is 0 Å².